The molecular weight excluding hydrogens is 222 g/mol. The second-order valence-electron chi connectivity index (χ2n) is 5.42. The normalized spacial score (nSPS) is 17.0. The molecule has 0 aliphatic heterocycles. The SMILES string of the molecule is Cc1ccc2cc(CCC(O)C3CC3)ccc2n1. The molecule has 0 spiro atoms. The van der Waals surface area contributed by atoms with Crippen LogP contribution in [0.25, 0.3) is 10.9 Å². The lowest BCUT2D eigenvalue weighted by atomic mass is 10.0. The summed E-state index contributed by atoms with van der Waals surface area (Å²) in [7, 11) is 0. The summed E-state index contributed by atoms with van der Waals surface area (Å²) in [6.07, 6.45) is 4.16. The van der Waals surface area contributed by atoms with Crippen LogP contribution in [0.15, 0.2) is 30.3 Å². The van der Waals surface area contributed by atoms with Gasteiger partial charge in [-0.05, 0) is 62.3 Å². The molecule has 1 aromatic heterocycles. The molecule has 2 aromatic rings. The van der Waals surface area contributed by atoms with Crippen LogP contribution in [0.3, 0.4) is 0 Å². The van der Waals surface area contributed by atoms with Gasteiger partial charge in [0.25, 0.3) is 0 Å². The summed E-state index contributed by atoms with van der Waals surface area (Å²) in [5, 5.41) is 11.1. The highest BCUT2D eigenvalue weighted by molar-refractivity contribution is 5.79. The van der Waals surface area contributed by atoms with Crippen LogP contribution < -0.4 is 0 Å². The van der Waals surface area contributed by atoms with E-state index < -0.39 is 0 Å². The molecule has 1 aliphatic carbocycles. The van der Waals surface area contributed by atoms with Crippen LogP contribution in [0.1, 0.15) is 30.5 Å². The Morgan fingerprint density at radius 1 is 1.28 bits per heavy atom. The van der Waals surface area contributed by atoms with Gasteiger partial charge in [0.15, 0.2) is 0 Å². The Kier molecular flexibility index (Phi) is 3.04. The summed E-state index contributed by atoms with van der Waals surface area (Å²) in [4.78, 5) is 4.50. The largest absolute Gasteiger partial charge is 0.393 e. The molecule has 2 heteroatoms. The van der Waals surface area contributed by atoms with Gasteiger partial charge in [-0.1, -0.05) is 12.1 Å². The van der Waals surface area contributed by atoms with Crippen LogP contribution in [-0.2, 0) is 6.42 Å². The molecule has 1 unspecified atom stereocenters. The first-order valence-electron chi connectivity index (χ1n) is 6.77. The third-order valence-electron chi connectivity index (χ3n) is 3.79. The zero-order chi connectivity index (χ0) is 12.5. The van der Waals surface area contributed by atoms with Crippen molar-refractivity contribution in [1.29, 1.82) is 0 Å². The average Bonchev–Trinajstić information content (AvgIpc) is 3.20. The molecule has 1 fully saturated rings. The van der Waals surface area contributed by atoms with Crippen molar-refractivity contribution in [2.75, 3.05) is 0 Å². The maximum atomic E-state index is 9.89. The van der Waals surface area contributed by atoms with E-state index in [1.165, 1.54) is 23.8 Å². The van der Waals surface area contributed by atoms with Gasteiger partial charge in [0, 0.05) is 11.1 Å². The average molecular weight is 241 g/mol. The Labute approximate surface area is 108 Å². The minimum absolute atomic E-state index is 0.100. The molecule has 1 atom stereocenters. The molecule has 94 valence electrons. The molecule has 0 saturated heterocycles. The highest BCUT2D eigenvalue weighted by atomic mass is 16.3. The van der Waals surface area contributed by atoms with E-state index in [1.807, 2.05) is 13.0 Å². The lowest BCUT2D eigenvalue weighted by Crippen LogP contribution is -2.10. The molecule has 18 heavy (non-hydrogen) atoms. The standard InChI is InChI=1S/C16H19NO/c1-11-2-5-14-10-12(3-8-15(14)17-11)4-9-16(18)13-6-7-13/h2-3,5,8,10,13,16,18H,4,6-7,9H2,1H3. The highest BCUT2D eigenvalue weighted by Gasteiger charge is 2.29. The molecule has 1 aliphatic rings. The quantitative estimate of drug-likeness (QED) is 0.891. The number of nitrogens with zero attached hydrogens (tertiary/aromatic N) is 1. The second-order valence-corrected chi connectivity index (χ2v) is 5.42. The lowest BCUT2D eigenvalue weighted by molar-refractivity contribution is 0.142. The lowest BCUT2D eigenvalue weighted by Gasteiger charge is -2.09. The molecular formula is C16H19NO. The predicted octanol–water partition coefficient (Wildman–Crippen LogP) is 3.25. The van der Waals surface area contributed by atoms with Crippen molar-refractivity contribution in [2.24, 2.45) is 5.92 Å². The molecule has 1 heterocycles. The number of aliphatic hydroxyl groups excluding tert-OH is 1. The first-order chi connectivity index (χ1) is 8.72. The second kappa shape index (κ2) is 4.69. The molecule has 3 rings (SSSR count). The van der Waals surface area contributed by atoms with Crippen molar-refractivity contribution in [3.05, 3.63) is 41.6 Å². The van der Waals surface area contributed by atoms with Gasteiger partial charge in [-0.25, -0.2) is 0 Å². The monoisotopic (exact) mass is 241 g/mol. The van der Waals surface area contributed by atoms with Crippen LogP contribution in [0.4, 0.5) is 0 Å². The van der Waals surface area contributed by atoms with Crippen molar-refractivity contribution in [1.82, 2.24) is 4.98 Å². The van der Waals surface area contributed by atoms with E-state index in [4.69, 9.17) is 0 Å². The fourth-order valence-electron chi connectivity index (χ4n) is 2.46. The van der Waals surface area contributed by atoms with Crippen molar-refractivity contribution in [2.45, 2.75) is 38.7 Å². The fraction of sp³-hybridized carbons (Fsp3) is 0.438. The third kappa shape index (κ3) is 2.54. The zero-order valence-electron chi connectivity index (χ0n) is 10.8. The number of benzene rings is 1. The minimum Gasteiger partial charge on any atom is -0.393 e. The molecule has 1 saturated carbocycles. The van der Waals surface area contributed by atoms with Gasteiger partial charge >= 0.3 is 0 Å². The summed E-state index contributed by atoms with van der Waals surface area (Å²) in [6.45, 7) is 2.01. The van der Waals surface area contributed by atoms with E-state index >= 15 is 0 Å². The van der Waals surface area contributed by atoms with Gasteiger partial charge in [-0.15, -0.1) is 0 Å². The molecule has 1 aromatic carbocycles. The summed E-state index contributed by atoms with van der Waals surface area (Å²) in [6, 6.07) is 10.6. The van der Waals surface area contributed by atoms with E-state index in [-0.39, 0.29) is 6.10 Å². The van der Waals surface area contributed by atoms with Crippen molar-refractivity contribution >= 4 is 10.9 Å². The summed E-state index contributed by atoms with van der Waals surface area (Å²) in [5.41, 5.74) is 3.41. The Morgan fingerprint density at radius 2 is 2.11 bits per heavy atom. The summed E-state index contributed by atoms with van der Waals surface area (Å²) >= 11 is 0. The number of hydrogen-bond donors (Lipinski definition) is 1. The predicted molar refractivity (Wildman–Crippen MR) is 73.5 cm³/mol. The van der Waals surface area contributed by atoms with Crippen molar-refractivity contribution in [3.8, 4) is 0 Å². The van der Waals surface area contributed by atoms with Crippen molar-refractivity contribution < 1.29 is 5.11 Å². The number of pyridine rings is 1. The first-order valence-corrected chi connectivity index (χ1v) is 6.77. The number of aliphatic hydroxyl groups is 1. The summed E-state index contributed by atoms with van der Waals surface area (Å²) < 4.78 is 0. The van der Waals surface area contributed by atoms with Gasteiger partial charge in [-0.2, -0.15) is 0 Å². The molecule has 0 amide bonds. The molecule has 0 bridgehead atoms. The zero-order valence-corrected chi connectivity index (χ0v) is 10.8. The van der Waals surface area contributed by atoms with Crippen LogP contribution in [-0.4, -0.2) is 16.2 Å². The van der Waals surface area contributed by atoms with Crippen LogP contribution in [0.2, 0.25) is 0 Å². The summed E-state index contributed by atoms with van der Waals surface area (Å²) in [5.74, 6) is 0.578. The van der Waals surface area contributed by atoms with E-state index in [0.717, 1.165) is 24.1 Å². The van der Waals surface area contributed by atoms with Gasteiger partial charge in [0.1, 0.15) is 0 Å². The third-order valence-corrected chi connectivity index (χ3v) is 3.79. The van der Waals surface area contributed by atoms with Gasteiger partial charge < -0.3 is 5.11 Å². The van der Waals surface area contributed by atoms with Gasteiger partial charge in [0.05, 0.1) is 11.6 Å². The van der Waals surface area contributed by atoms with Crippen LogP contribution in [0, 0.1) is 12.8 Å². The van der Waals surface area contributed by atoms with E-state index in [0.29, 0.717) is 5.92 Å². The maximum absolute atomic E-state index is 9.89. The molecule has 1 N–H and O–H groups in total. The molecule has 2 nitrogen and oxygen atoms in total. The Hall–Kier alpha value is -1.41. The number of rotatable bonds is 4. The number of aryl methyl sites for hydroxylation is 2. The van der Waals surface area contributed by atoms with Crippen molar-refractivity contribution in [3.63, 3.8) is 0 Å². The smallest absolute Gasteiger partial charge is 0.0705 e. The number of fused-ring (bicyclic) bond motifs is 1. The Morgan fingerprint density at radius 3 is 2.89 bits per heavy atom. The Balaban J connectivity index is 1.74. The van der Waals surface area contributed by atoms with Crippen LogP contribution in [0.5, 0.6) is 0 Å². The topological polar surface area (TPSA) is 33.1 Å². The fourth-order valence-corrected chi connectivity index (χ4v) is 2.46. The van der Waals surface area contributed by atoms with Gasteiger partial charge in [-0.3, -0.25) is 4.98 Å². The van der Waals surface area contributed by atoms with E-state index in [1.54, 1.807) is 0 Å². The van der Waals surface area contributed by atoms with E-state index in [2.05, 4.69) is 29.2 Å². The number of aromatic nitrogens is 1. The van der Waals surface area contributed by atoms with Gasteiger partial charge in [0.2, 0.25) is 0 Å². The highest BCUT2D eigenvalue weighted by Crippen LogP contribution is 2.34. The number of hydrogen-bond acceptors (Lipinski definition) is 2. The van der Waals surface area contributed by atoms with Crippen LogP contribution >= 0.6 is 0 Å². The first kappa shape index (κ1) is 11.7. The Bertz CT molecular complexity index is 560. The maximum Gasteiger partial charge on any atom is 0.0705 e. The van der Waals surface area contributed by atoms with E-state index in [9.17, 15) is 5.11 Å². The molecule has 0 radical (unpaired) electrons. The minimum atomic E-state index is -0.100.